The fourth-order valence-corrected chi connectivity index (χ4v) is 3.11. The molecule has 3 rings (SSSR count). The zero-order valence-corrected chi connectivity index (χ0v) is 10.1. The standard InChI is InChI=1S/C13H21N3/c1-10-15-12-4-2-3-5-13(12)16(10)9-11-6-7-14-8-11/h11,14H,2-9H2,1H3. The number of hydrogen-bond acceptors (Lipinski definition) is 2. The molecular weight excluding hydrogens is 198 g/mol. The van der Waals surface area contributed by atoms with Crippen molar-refractivity contribution in [2.24, 2.45) is 5.92 Å². The molecule has 1 aliphatic carbocycles. The van der Waals surface area contributed by atoms with Crippen molar-refractivity contribution in [3.8, 4) is 0 Å². The van der Waals surface area contributed by atoms with Crippen LogP contribution in [0.5, 0.6) is 0 Å². The minimum absolute atomic E-state index is 0.818. The fourth-order valence-electron chi connectivity index (χ4n) is 3.11. The number of fused-ring (bicyclic) bond motifs is 1. The van der Waals surface area contributed by atoms with E-state index in [0.29, 0.717) is 0 Å². The summed E-state index contributed by atoms with van der Waals surface area (Å²) in [6.07, 6.45) is 6.45. The Labute approximate surface area is 97.3 Å². The first kappa shape index (κ1) is 10.3. The Hall–Kier alpha value is -0.830. The Balaban J connectivity index is 1.84. The first-order valence-corrected chi connectivity index (χ1v) is 6.60. The van der Waals surface area contributed by atoms with Crippen molar-refractivity contribution in [2.75, 3.05) is 13.1 Å². The van der Waals surface area contributed by atoms with Crippen LogP contribution in [-0.4, -0.2) is 22.6 Å². The van der Waals surface area contributed by atoms with Crippen LogP contribution in [0.2, 0.25) is 0 Å². The highest BCUT2D eigenvalue weighted by Gasteiger charge is 2.21. The van der Waals surface area contributed by atoms with E-state index >= 15 is 0 Å². The summed E-state index contributed by atoms with van der Waals surface area (Å²) in [6, 6.07) is 0. The molecule has 16 heavy (non-hydrogen) atoms. The van der Waals surface area contributed by atoms with Crippen LogP contribution >= 0.6 is 0 Å². The molecule has 0 bridgehead atoms. The van der Waals surface area contributed by atoms with Gasteiger partial charge in [0.25, 0.3) is 0 Å². The average molecular weight is 219 g/mol. The van der Waals surface area contributed by atoms with Crippen molar-refractivity contribution in [1.29, 1.82) is 0 Å². The van der Waals surface area contributed by atoms with Crippen LogP contribution in [0.25, 0.3) is 0 Å². The highest BCUT2D eigenvalue weighted by molar-refractivity contribution is 5.20. The van der Waals surface area contributed by atoms with Gasteiger partial charge in [-0.1, -0.05) is 0 Å². The molecule has 88 valence electrons. The molecule has 2 heterocycles. The van der Waals surface area contributed by atoms with E-state index in [2.05, 4.69) is 16.8 Å². The van der Waals surface area contributed by atoms with Crippen LogP contribution in [0, 0.1) is 12.8 Å². The molecule has 1 saturated heterocycles. The number of nitrogens with one attached hydrogen (secondary N) is 1. The number of hydrogen-bond donors (Lipinski definition) is 1. The van der Waals surface area contributed by atoms with Crippen LogP contribution < -0.4 is 5.32 Å². The number of rotatable bonds is 2. The predicted octanol–water partition coefficient (Wildman–Crippen LogP) is 1.68. The largest absolute Gasteiger partial charge is 0.332 e. The molecule has 3 heteroatoms. The minimum Gasteiger partial charge on any atom is -0.332 e. The van der Waals surface area contributed by atoms with Gasteiger partial charge >= 0.3 is 0 Å². The number of nitrogens with zero attached hydrogens (tertiary/aromatic N) is 2. The average Bonchev–Trinajstić information content (AvgIpc) is 2.89. The molecule has 1 aromatic rings. The van der Waals surface area contributed by atoms with Crippen LogP contribution in [0.3, 0.4) is 0 Å². The molecule has 2 aliphatic rings. The summed E-state index contributed by atoms with van der Waals surface area (Å²) >= 11 is 0. The van der Waals surface area contributed by atoms with Gasteiger partial charge in [-0.15, -0.1) is 0 Å². The summed E-state index contributed by atoms with van der Waals surface area (Å²) in [6.45, 7) is 5.73. The van der Waals surface area contributed by atoms with E-state index < -0.39 is 0 Å². The Morgan fingerprint density at radius 3 is 3.06 bits per heavy atom. The van der Waals surface area contributed by atoms with Gasteiger partial charge in [0.15, 0.2) is 0 Å². The number of aromatic nitrogens is 2. The van der Waals surface area contributed by atoms with Gasteiger partial charge in [0.05, 0.1) is 5.69 Å². The lowest BCUT2D eigenvalue weighted by Crippen LogP contribution is -2.18. The van der Waals surface area contributed by atoms with Crippen LogP contribution in [0.4, 0.5) is 0 Å². The molecule has 1 N–H and O–H groups in total. The molecule has 3 nitrogen and oxygen atoms in total. The molecule has 1 unspecified atom stereocenters. The Morgan fingerprint density at radius 1 is 1.38 bits per heavy atom. The van der Waals surface area contributed by atoms with Gasteiger partial charge in [-0.3, -0.25) is 0 Å². The predicted molar refractivity (Wildman–Crippen MR) is 64.6 cm³/mol. The Bertz CT molecular complexity index is 375. The molecule has 0 amide bonds. The molecule has 1 aliphatic heterocycles. The van der Waals surface area contributed by atoms with Crippen molar-refractivity contribution in [3.05, 3.63) is 17.2 Å². The molecule has 0 spiro atoms. The molecule has 1 atom stereocenters. The number of aryl methyl sites for hydroxylation is 2. The van der Waals surface area contributed by atoms with E-state index in [1.807, 2.05) is 0 Å². The molecule has 0 saturated carbocycles. The van der Waals surface area contributed by atoms with Crippen molar-refractivity contribution < 1.29 is 0 Å². The van der Waals surface area contributed by atoms with Crippen molar-refractivity contribution >= 4 is 0 Å². The molecular formula is C13H21N3. The second kappa shape index (κ2) is 4.21. The molecule has 1 fully saturated rings. The molecule has 1 aromatic heterocycles. The second-order valence-electron chi connectivity index (χ2n) is 5.23. The maximum atomic E-state index is 4.74. The zero-order valence-electron chi connectivity index (χ0n) is 10.1. The summed E-state index contributed by atoms with van der Waals surface area (Å²) in [5.41, 5.74) is 2.92. The summed E-state index contributed by atoms with van der Waals surface area (Å²) in [5, 5.41) is 3.45. The van der Waals surface area contributed by atoms with Gasteiger partial charge in [-0.2, -0.15) is 0 Å². The maximum Gasteiger partial charge on any atom is 0.106 e. The third kappa shape index (κ3) is 1.77. The Morgan fingerprint density at radius 2 is 2.25 bits per heavy atom. The van der Waals surface area contributed by atoms with Crippen LogP contribution in [-0.2, 0) is 19.4 Å². The first-order chi connectivity index (χ1) is 7.84. The SMILES string of the molecule is Cc1nc2c(n1CC1CCNC1)CCCC2. The van der Waals surface area contributed by atoms with Crippen molar-refractivity contribution in [1.82, 2.24) is 14.9 Å². The smallest absolute Gasteiger partial charge is 0.106 e. The van der Waals surface area contributed by atoms with Crippen molar-refractivity contribution in [3.63, 3.8) is 0 Å². The van der Waals surface area contributed by atoms with E-state index in [9.17, 15) is 0 Å². The number of imidazole rings is 1. The van der Waals surface area contributed by atoms with Gasteiger partial charge in [0.1, 0.15) is 5.82 Å². The summed E-state index contributed by atoms with van der Waals surface area (Å²) in [4.78, 5) is 4.74. The Kier molecular flexibility index (Phi) is 2.72. The van der Waals surface area contributed by atoms with E-state index in [4.69, 9.17) is 4.98 Å². The first-order valence-electron chi connectivity index (χ1n) is 6.60. The normalized spacial score (nSPS) is 24.7. The van der Waals surface area contributed by atoms with Crippen LogP contribution in [0.1, 0.15) is 36.5 Å². The highest BCUT2D eigenvalue weighted by atomic mass is 15.1. The minimum atomic E-state index is 0.818. The van der Waals surface area contributed by atoms with Gasteiger partial charge in [-0.25, -0.2) is 4.98 Å². The summed E-state index contributed by atoms with van der Waals surface area (Å²) < 4.78 is 2.49. The lowest BCUT2D eigenvalue weighted by molar-refractivity contribution is 0.459. The third-order valence-corrected chi connectivity index (χ3v) is 4.03. The van der Waals surface area contributed by atoms with E-state index in [0.717, 1.165) is 5.92 Å². The molecule has 0 radical (unpaired) electrons. The van der Waals surface area contributed by atoms with Crippen LogP contribution in [0.15, 0.2) is 0 Å². The second-order valence-corrected chi connectivity index (χ2v) is 5.23. The topological polar surface area (TPSA) is 29.9 Å². The van der Waals surface area contributed by atoms with Crippen molar-refractivity contribution in [2.45, 2.75) is 45.6 Å². The van der Waals surface area contributed by atoms with E-state index in [1.54, 1.807) is 0 Å². The van der Waals surface area contributed by atoms with Gasteiger partial charge in [0.2, 0.25) is 0 Å². The van der Waals surface area contributed by atoms with E-state index in [1.165, 1.54) is 69.0 Å². The summed E-state index contributed by atoms with van der Waals surface area (Å²) in [7, 11) is 0. The zero-order chi connectivity index (χ0) is 11.0. The lowest BCUT2D eigenvalue weighted by atomic mass is 10.0. The van der Waals surface area contributed by atoms with Gasteiger partial charge in [-0.05, 0) is 58.0 Å². The lowest BCUT2D eigenvalue weighted by Gasteiger charge is -2.17. The monoisotopic (exact) mass is 219 g/mol. The third-order valence-electron chi connectivity index (χ3n) is 4.03. The maximum absolute atomic E-state index is 4.74. The highest BCUT2D eigenvalue weighted by Crippen LogP contribution is 2.24. The fraction of sp³-hybridized carbons (Fsp3) is 0.769. The quantitative estimate of drug-likeness (QED) is 0.820. The van der Waals surface area contributed by atoms with Gasteiger partial charge in [0, 0.05) is 12.2 Å². The summed E-state index contributed by atoms with van der Waals surface area (Å²) in [5.74, 6) is 2.05. The van der Waals surface area contributed by atoms with E-state index in [-0.39, 0.29) is 0 Å². The van der Waals surface area contributed by atoms with Gasteiger partial charge < -0.3 is 9.88 Å². The molecule has 0 aromatic carbocycles.